The third-order valence-electron chi connectivity index (χ3n) is 2.13. The lowest BCUT2D eigenvalue weighted by Gasteiger charge is -2.10. The van der Waals surface area contributed by atoms with E-state index in [1.165, 1.54) is 11.3 Å². The normalized spacial score (nSPS) is 21.7. The van der Waals surface area contributed by atoms with Gasteiger partial charge >= 0.3 is 0 Å². The van der Waals surface area contributed by atoms with Crippen molar-refractivity contribution in [2.24, 2.45) is 0 Å². The fourth-order valence-electron chi connectivity index (χ4n) is 1.37. The highest BCUT2D eigenvalue weighted by Gasteiger charge is 2.29. The largest absolute Gasteiger partial charge is 0.348 e. The van der Waals surface area contributed by atoms with E-state index in [1.807, 2.05) is 0 Å². The molecule has 5 nitrogen and oxygen atoms in total. The number of likely N-dealkylation sites (N-methyl/N-ethyl adjacent to an activating group) is 1. The highest BCUT2D eigenvalue weighted by atomic mass is 79.9. The Balaban J connectivity index is 2.02. The van der Waals surface area contributed by atoms with Crippen LogP contribution in [0.4, 0.5) is 5.13 Å². The molecular formula is C7H9BrN4OS. The summed E-state index contributed by atoms with van der Waals surface area (Å²) < 4.78 is 0.721. The van der Waals surface area contributed by atoms with Gasteiger partial charge in [-0.05, 0) is 22.4 Å². The molecule has 1 amide bonds. The summed E-state index contributed by atoms with van der Waals surface area (Å²) in [7, 11) is 1.81. The van der Waals surface area contributed by atoms with E-state index in [4.69, 9.17) is 0 Å². The molecule has 1 aliphatic rings. The highest BCUT2D eigenvalue weighted by Crippen LogP contribution is 2.22. The van der Waals surface area contributed by atoms with Crippen LogP contribution in [0.5, 0.6) is 0 Å². The molecule has 7 heteroatoms. The van der Waals surface area contributed by atoms with Crippen molar-refractivity contribution in [3.8, 4) is 0 Å². The Labute approximate surface area is 93.6 Å². The second-order valence-electron chi connectivity index (χ2n) is 3.11. The lowest BCUT2D eigenvalue weighted by Crippen LogP contribution is -2.30. The quantitative estimate of drug-likeness (QED) is 0.874. The molecule has 1 aromatic heterocycles. The van der Waals surface area contributed by atoms with Crippen molar-refractivity contribution in [1.29, 1.82) is 0 Å². The molecule has 76 valence electrons. The molecule has 1 unspecified atom stereocenters. The molecule has 1 saturated heterocycles. The fraction of sp³-hybridized carbons (Fsp3) is 0.571. The van der Waals surface area contributed by atoms with Gasteiger partial charge in [0.25, 0.3) is 0 Å². The molecule has 0 aromatic carbocycles. The van der Waals surface area contributed by atoms with Crippen LogP contribution in [0.2, 0.25) is 0 Å². The van der Waals surface area contributed by atoms with Gasteiger partial charge in [-0.2, -0.15) is 0 Å². The molecule has 2 rings (SSSR count). The van der Waals surface area contributed by atoms with E-state index in [0.29, 0.717) is 5.13 Å². The smallest absolute Gasteiger partial charge is 0.244 e. The van der Waals surface area contributed by atoms with Crippen LogP contribution in [0.1, 0.15) is 6.42 Å². The van der Waals surface area contributed by atoms with Crippen molar-refractivity contribution in [1.82, 2.24) is 15.1 Å². The van der Waals surface area contributed by atoms with Crippen LogP contribution in [0.25, 0.3) is 0 Å². The Hall–Kier alpha value is -0.690. The Morgan fingerprint density at radius 1 is 1.64 bits per heavy atom. The van der Waals surface area contributed by atoms with Crippen molar-refractivity contribution in [3.63, 3.8) is 0 Å². The van der Waals surface area contributed by atoms with Crippen LogP contribution in [0, 0.1) is 0 Å². The minimum absolute atomic E-state index is 0.122. The maximum Gasteiger partial charge on any atom is 0.244 e. The van der Waals surface area contributed by atoms with E-state index in [9.17, 15) is 4.79 Å². The van der Waals surface area contributed by atoms with Crippen LogP contribution in [0.3, 0.4) is 0 Å². The first-order chi connectivity index (χ1) is 6.66. The number of carbonyl (C=O) groups is 1. The van der Waals surface area contributed by atoms with Crippen molar-refractivity contribution in [2.45, 2.75) is 12.5 Å². The molecule has 0 aliphatic carbocycles. The highest BCUT2D eigenvalue weighted by molar-refractivity contribution is 9.11. The number of amides is 1. The summed E-state index contributed by atoms with van der Waals surface area (Å²) in [5.41, 5.74) is 0. The zero-order chi connectivity index (χ0) is 10.1. The van der Waals surface area contributed by atoms with E-state index in [-0.39, 0.29) is 11.9 Å². The Bertz CT molecular complexity index is 355. The maximum atomic E-state index is 11.5. The summed E-state index contributed by atoms with van der Waals surface area (Å²) in [4.78, 5) is 13.2. The fourth-order valence-corrected chi connectivity index (χ4v) is 2.43. The lowest BCUT2D eigenvalue weighted by atomic mass is 10.2. The van der Waals surface area contributed by atoms with Gasteiger partial charge in [0.05, 0.1) is 0 Å². The standard InChI is InChI=1S/C7H9BrN4OS/c1-12-3-2-4(5(12)13)9-7-11-10-6(8)14-7/h4H,2-3H2,1H3,(H,9,11). The third kappa shape index (κ3) is 1.88. The van der Waals surface area contributed by atoms with Crippen molar-refractivity contribution >= 4 is 38.3 Å². The van der Waals surface area contributed by atoms with Crippen LogP contribution in [-0.2, 0) is 4.79 Å². The van der Waals surface area contributed by atoms with E-state index in [1.54, 1.807) is 11.9 Å². The van der Waals surface area contributed by atoms with Gasteiger partial charge in [0, 0.05) is 13.6 Å². The molecule has 14 heavy (non-hydrogen) atoms. The monoisotopic (exact) mass is 276 g/mol. The molecule has 2 heterocycles. The van der Waals surface area contributed by atoms with Gasteiger partial charge in [0.15, 0.2) is 3.92 Å². The molecule has 0 spiro atoms. The number of likely N-dealkylation sites (tertiary alicyclic amines) is 1. The summed E-state index contributed by atoms with van der Waals surface area (Å²) in [5, 5.41) is 11.4. The predicted molar refractivity (Wildman–Crippen MR) is 57.3 cm³/mol. The van der Waals surface area contributed by atoms with Crippen LogP contribution in [-0.4, -0.2) is 40.6 Å². The molecular weight excluding hydrogens is 268 g/mol. The topological polar surface area (TPSA) is 58.1 Å². The second-order valence-corrected chi connectivity index (χ2v) is 5.36. The summed E-state index contributed by atoms with van der Waals surface area (Å²) in [6.07, 6.45) is 0.826. The average molecular weight is 277 g/mol. The molecule has 1 atom stereocenters. The summed E-state index contributed by atoms with van der Waals surface area (Å²) >= 11 is 4.61. The van der Waals surface area contributed by atoms with Crippen LogP contribution in [0.15, 0.2) is 3.92 Å². The third-order valence-corrected chi connectivity index (χ3v) is 3.41. The maximum absolute atomic E-state index is 11.5. The Kier molecular flexibility index (Phi) is 2.69. The van der Waals surface area contributed by atoms with Crippen molar-refractivity contribution in [3.05, 3.63) is 3.92 Å². The number of halogens is 1. The second kappa shape index (κ2) is 3.82. The Morgan fingerprint density at radius 2 is 2.43 bits per heavy atom. The zero-order valence-electron chi connectivity index (χ0n) is 7.53. The van der Waals surface area contributed by atoms with Gasteiger partial charge in [0.1, 0.15) is 6.04 Å². The molecule has 0 saturated carbocycles. The zero-order valence-corrected chi connectivity index (χ0v) is 9.93. The van der Waals surface area contributed by atoms with E-state index in [2.05, 4.69) is 31.4 Å². The number of rotatable bonds is 2. The first-order valence-electron chi connectivity index (χ1n) is 4.17. The SMILES string of the molecule is CN1CCC(Nc2nnc(Br)s2)C1=O. The van der Waals surface area contributed by atoms with Crippen LogP contribution < -0.4 is 5.32 Å². The average Bonchev–Trinajstić information content (AvgIpc) is 2.67. The van der Waals surface area contributed by atoms with E-state index in [0.717, 1.165) is 16.9 Å². The van der Waals surface area contributed by atoms with Gasteiger partial charge in [-0.15, -0.1) is 10.2 Å². The first-order valence-corrected chi connectivity index (χ1v) is 5.78. The molecule has 0 bridgehead atoms. The van der Waals surface area contributed by atoms with Gasteiger partial charge in [0.2, 0.25) is 11.0 Å². The van der Waals surface area contributed by atoms with Crippen LogP contribution >= 0.6 is 27.3 Å². The first kappa shape index (κ1) is 9.85. The molecule has 1 fully saturated rings. The number of anilines is 1. The Morgan fingerprint density at radius 3 is 2.93 bits per heavy atom. The van der Waals surface area contributed by atoms with Gasteiger partial charge in [-0.25, -0.2) is 0 Å². The van der Waals surface area contributed by atoms with Crippen molar-refractivity contribution < 1.29 is 4.79 Å². The lowest BCUT2D eigenvalue weighted by molar-refractivity contribution is -0.127. The minimum Gasteiger partial charge on any atom is -0.348 e. The number of nitrogens with zero attached hydrogens (tertiary/aromatic N) is 3. The molecule has 1 N–H and O–H groups in total. The number of hydrogen-bond donors (Lipinski definition) is 1. The van der Waals surface area contributed by atoms with Gasteiger partial charge in [-0.1, -0.05) is 11.3 Å². The number of hydrogen-bond acceptors (Lipinski definition) is 5. The van der Waals surface area contributed by atoms with Gasteiger partial charge in [-0.3, -0.25) is 4.79 Å². The van der Waals surface area contributed by atoms with E-state index < -0.39 is 0 Å². The number of aromatic nitrogens is 2. The summed E-state index contributed by atoms with van der Waals surface area (Å²) in [6.45, 7) is 0.802. The number of carbonyl (C=O) groups excluding carboxylic acids is 1. The minimum atomic E-state index is -0.139. The molecule has 1 aromatic rings. The summed E-state index contributed by atoms with van der Waals surface area (Å²) in [6, 6.07) is -0.139. The van der Waals surface area contributed by atoms with Crippen molar-refractivity contribution in [2.75, 3.05) is 18.9 Å². The molecule has 0 radical (unpaired) electrons. The summed E-state index contributed by atoms with van der Waals surface area (Å²) in [5.74, 6) is 0.122. The number of nitrogens with one attached hydrogen (secondary N) is 1. The van der Waals surface area contributed by atoms with E-state index >= 15 is 0 Å². The molecule has 1 aliphatic heterocycles. The predicted octanol–water partition coefficient (Wildman–Crippen LogP) is 0.943. The van der Waals surface area contributed by atoms with Gasteiger partial charge < -0.3 is 10.2 Å².